The molecule has 0 radical (unpaired) electrons. The fourth-order valence-electron chi connectivity index (χ4n) is 5.04. The fourth-order valence-corrected chi connectivity index (χ4v) is 5.04. The van der Waals surface area contributed by atoms with Crippen LogP contribution in [0.25, 0.3) is 33.0 Å². The maximum atomic E-state index is 13.3. The van der Waals surface area contributed by atoms with Gasteiger partial charge in [0.25, 0.3) is 17.7 Å². The van der Waals surface area contributed by atoms with Crippen molar-refractivity contribution in [2.75, 3.05) is 27.2 Å². The summed E-state index contributed by atoms with van der Waals surface area (Å²) in [5.74, 6) is -1.45. The zero-order valence-electron chi connectivity index (χ0n) is 23.8. The molecule has 10 nitrogen and oxygen atoms in total. The number of hydrogen-bond donors (Lipinski definition) is 2. The molecule has 0 saturated heterocycles. The lowest BCUT2D eigenvalue weighted by Crippen LogP contribution is -2.36. The summed E-state index contributed by atoms with van der Waals surface area (Å²) in [6.45, 7) is 6.38. The van der Waals surface area contributed by atoms with Gasteiger partial charge in [-0.3, -0.25) is 24.3 Å². The zero-order chi connectivity index (χ0) is 29.5. The highest BCUT2D eigenvalue weighted by atomic mass is 16.6. The van der Waals surface area contributed by atoms with Crippen molar-refractivity contribution in [2.24, 2.45) is 0 Å². The second-order valence-corrected chi connectivity index (χ2v) is 11.3. The number of fused-ring (bicyclic) bond motifs is 2. The van der Waals surface area contributed by atoms with Crippen LogP contribution in [-0.4, -0.2) is 70.6 Å². The fraction of sp³-hybridized carbons (Fsp3) is 0.290. The zero-order valence-corrected chi connectivity index (χ0v) is 23.8. The van der Waals surface area contributed by atoms with E-state index in [1.165, 1.54) is 4.57 Å². The summed E-state index contributed by atoms with van der Waals surface area (Å²) in [4.78, 5) is 54.1. The Hall–Kier alpha value is -4.70. The third-order valence-electron chi connectivity index (χ3n) is 6.81. The van der Waals surface area contributed by atoms with Gasteiger partial charge in [0.2, 0.25) is 0 Å². The van der Waals surface area contributed by atoms with Crippen molar-refractivity contribution in [3.8, 4) is 0 Å². The number of nitrogens with one attached hydrogen (secondary N) is 2. The lowest BCUT2D eigenvalue weighted by Gasteiger charge is -2.19. The number of hydrogen-bond acceptors (Lipinski definition) is 6. The van der Waals surface area contributed by atoms with Crippen LogP contribution >= 0.6 is 0 Å². The highest BCUT2D eigenvalue weighted by Gasteiger charge is 2.35. The highest BCUT2D eigenvalue weighted by molar-refractivity contribution is 6.50. The Labute approximate surface area is 237 Å². The van der Waals surface area contributed by atoms with Crippen LogP contribution < -0.4 is 10.6 Å². The van der Waals surface area contributed by atoms with E-state index in [-0.39, 0.29) is 17.7 Å². The SMILES string of the molecule is CN(C)CCn1cc(C2=C(c3cn(C(=O)CNC(=O)OC(C)(C)C)c4ccccc34)C(=O)NC2=O)c2ccccc21. The Balaban J connectivity index is 1.61. The molecule has 4 aromatic rings. The maximum absolute atomic E-state index is 13.3. The number of nitrogens with zero attached hydrogens (tertiary/aromatic N) is 3. The number of ether oxygens (including phenoxy) is 1. The van der Waals surface area contributed by atoms with E-state index >= 15 is 0 Å². The Morgan fingerprint density at radius 2 is 1.44 bits per heavy atom. The van der Waals surface area contributed by atoms with Crippen LogP contribution in [0, 0.1) is 0 Å². The van der Waals surface area contributed by atoms with Gasteiger partial charge in [-0.25, -0.2) is 4.79 Å². The average Bonchev–Trinajstić information content (AvgIpc) is 3.55. The first-order chi connectivity index (χ1) is 19.4. The molecular weight excluding hydrogens is 522 g/mol. The van der Waals surface area contributed by atoms with Crippen LogP contribution in [0.1, 0.15) is 36.7 Å². The molecule has 10 heteroatoms. The average molecular weight is 556 g/mol. The first kappa shape index (κ1) is 27.9. The third kappa shape index (κ3) is 5.51. The van der Waals surface area contributed by atoms with Gasteiger partial charge in [-0.1, -0.05) is 36.4 Å². The number of amides is 3. The summed E-state index contributed by atoms with van der Waals surface area (Å²) >= 11 is 0. The molecule has 3 heterocycles. The number of para-hydroxylation sites is 2. The Bertz CT molecular complexity index is 1730. The molecule has 0 spiro atoms. The quantitative estimate of drug-likeness (QED) is 0.335. The Morgan fingerprint density at radius 1 is 0.878 bits per heavy atom. The predicted octanol–water partition coefficient (Wildman–Crippen LogP) is 3.89. The van der Waals surface area contributed by atoms with E-state index in [0.717, 1.165) is 17.4 Å². The van der Waals surface area contributed by atoms with Crippen LogP contribution in [0.15, 0.2) is 60.9 Å². The molecule has 0 fully saturated rings. The molecule has 2 aromatic carbocycles. The number of imide groups is 1. The van der Waals surface area contributed by atoms with E-state index < -0.39 is 29.4 Å². The van der Waals surface area contributed by atoms with Gasteiger partial charge >= 0.3 is 6.09 Å². The molecule has 3 amide bonds. The molecule has 1 aliphatic heterocycles. The maximum Gasteiger partial charge on any atom is 0.408 e. The molecule has 0 unspecified atom stereocenters. The summed E-state index contributed by atoms with van der Waals surface area (Å²) in [5.41, 5.74) is 2.36. The van der Waals surface area contributed by atoms with Crippen LogP contribution in [0.4, 0.5) is 4.79 Å². The molecule has 0 bridgehead atoms. The van der Waals surface area contributed by atoms with Gasteiger partial charge in [0.05, 0.1) is 16.7 Å². The number of carbonyl (C=O) groups excluding carboxylic acids is 4. The smallest absolute Gasteiger partial charge is 0.408 e. The topological polar surface area (TPSA) is 115 Å². The number of carbonyl (C=O) groups is 4. The lowest BCUT2D eigenvalue weighted by atomic mass is 9.95. The minimum absolute atomic E-state index is 0.202. The summed E-state index contributed by atoms with van der Waals surface area (Å²) in [5, 5.41) is 6.44. The number of alkyl carbamates (subject to hydrolysis) is 1. The van der Waals surface area contributed by atoms with Gasteiger partial charge < -0.3 is 19.5 Å². The molecule has 5 rings (SSSR count). The predicted molar refractivity (Wildman–Crippen MR) is 157 cm³/mol. The molecular formula is C31H33N5O5. The lowest BCUT2D eigenvalue weighted by molar-refractivity contribution is -0.122. The minimum atomic E-state index is -0.709. The van der Waals surface area contributed by atoms with Crippen molar-refractivity contribution < 1.29 is 23.9 Å². The normalized spacial score (nSPS) is 13.9. The first-order valence-corrected chi connectivity index (χ1v) is 13.4. The summed E-state index contributed by atoms with van der Waals surface area (Å²) < 4.78 is 8.72. The van der Waals surface area contributed by atoms with Gasteiger partial charge in [0.15, 0.2) is 0 Å². The monoisotopic (exact) mass is 555 g/mol. The third-order valence-corrected chi connectivity index (χ3v) is 6.81. The van der Waals surface area contributed by atoms with Crippen molar-refractivity contribution in [1.82, 2.24) is 24.7 Å². The Kier molecular flexibility index (Phi) is 7.27. The second-order valence-electron chi connectivity index (χ2n) is 11.3. The molecule has 0 atom stereocenters. The highest BCUT2D eigenvalue weighted by Crippen LogP contribution is 2.39. The van der Waals surface area contributed by atoms with Crippen LogP contribution in [0.3, 0.4) is 0 Å². The summed E-state index contributed by atoms with van der Waals surface area (Å²) in [6, 6.07) is 14.9. The van der Waals surface area contributed by atoms with Crippen LogP contribution in [0.5, 0.6) is 0 Å². The number of likely N-dealkylation sites (N-methyl/N-ethyl adjacent to an activating group) is 1. The minimum Gasteiger partial charge on any atom is -0.444 e. The molecule has 2 N–H and O–H groups in total. The van der Waals surface area contributed by atoms with E-state index in [1.54, 1.807) is 45.2 Å². The van der Waals surface area contributed by atoms with Gasteiger partial charge in [-0.05, 0) is 47.0 Å². The number of rotatable bonds is 7. The van der Waals surface area contributed by atoms with E-state index in [4.69, 9.17) is 4.74 Å². The van der Waals surface area contributed by atoms with E-state index in [2.05, 4.69) is 20.1 Å². The number of benzene rings is 2. The van der Waals surface area contributed by atoms with Crippen molar-refractivity contribution >= 4 is 56.8 Å². The summed E-state index contributed by atoms with van der Waals surface area (Å²) in [7, 11) is 3.99. The molecule has 41 heavy (non-hydrogen) atoms. The summed E-state index contributed by atoms with van der Waals surface area (Å²) in [6.07, 6.45) is 2.76. The molecule has 212 valence electrons. The standard InChI is InChI=1S/C31H33N5O5/c1-31(2,3)41-30(40)32-16-25(37)36-18-22(20-11-7-9-13-24(20)36)27-26(28(38)33-29(27)39)21-17-35(15-14-34(4)5)23-12-8-6-10-19(21)23/h6-13,17-18H,14-16H2,1-5H3,(H,32,40)(H,33,38,39). The van der Waals surface area contributed by atoms with E-state index in [9.17, 15) is 19.2 Å². The van der Waals surface area contributed by atoms with Crippen molar-refractivity contribution in [3.63, 3.8) is 0 Å². The van der Waals surface area contributed by atoms with Gasteiger partial charge in [0, 0.05) is 52.9 Å². The van der Waals surface area contributed by atoms with E-state index in [1.807, 2.05) is 50.6 Å². The van der Waals surface area contributed by atoms with E-state index in [0.29, 0.717) is 28.6 Å². The molecule has 0 aliphatic carbocycles. The number of aromatic nitrogens is 2. The van der Waals surface area contributed by atoms with Gasteiger partial charge in [-0.2, -0.15) is 0 Å². The van der Waals surface area contributed by atoms with Crippen LogP contribution in [-0.2, 0) is 20.9 Å². The first-order valence-electron chi connectivity index (χ1n) is 13.4. The van der Waals surface area contributed by atoms with Crippen molar-refractivity contribution in [1.29, 1.82) is 0 Å². The van der Waals surface area contributed by atoms with Gasteiger partial charge in [-0.15, -0.1) is 0 Å². The van der Waals surface area contributed by atoms with Gasteiger partial charge in [0.1, 0.15) is 12.1 Å². The van der Waals surface area contributed by atoms with Crippen LogP contribution in [0.2, 0.25) is 0 Å². The Morgan fingerprint density at radius 3 is 2.05 bits per heavy atom. The molecule has 1 aliphatic rings. The van der Waals surface area contributed by atoms with Crippen molar-refractivity contribution in [3.05, 3.63) is 72.1 Å². The largest absolute Gasteiger partial charge is 0.444 e. The van der Waals surface area contributed by atoms with Crippen molar-refractivity contribution in [2.45, 2.75) is 32.9 Å². The second kappa shape index (κ2) is 10.7. The molecule has 2 aromatic heterocycles. The molecule has 0 saturated carbocycles.